The maximum atomic E-state index is 12.9. The van der Waals surface area contributed by atoms with Crippen LogP contribution in [0.3, 0.4) is 0 Å². The van der Waals surface area contributed by atoms with Gasteiger partial charge in [-0.15, -0.1) is 11.3 Å². The average molecular weight is 370 g/mol. The fourth-order valence-electron chi connectivity index (χ4n) is 2.43. The first kappa shape index (κ1) is 19.4. The van der Waals surface area contributed by atoms with Gasteiger partial charge >= 0.3 is 6.18 Å². The molecule has 2 aromatic rings. The molecule has 25 heavy (non-hydrogen) atoms. The van der Waals surface area contributed by atoms with Crippen molar-refractivity contribution in [1.29, 1.82) is 0 Å². The Bertz CT molecular complexity index is 717. The molecule has 7 heteroatoms. The third-order valence-corrected chi connectivity index (χ3v) is 4.53. The summed E-state index contributed by atoms with van der Waals surface area (Å²) in [5.41, 5.74) is 0.852. The van der Waals surface area contributed by atoms with Crippen LogP contribution in [0.2, 0.25) is 0 Å². The first-order valence-corrected chi connectivity index (χ1v) is 8.67. The zero-order chi connectivity index (χ0) is 18.8. The quantitative estimate of drug-likeness (QED) is 0.744. The number of alkyl halides is 3. The maximum Gasteiger partial charge on any atom is 0.406 e. The number of carbonyl (C=O) groups is 1. The first-order chi connectivity index (χ1) is 11.5. The first-order valence-electron chi connectivity index (χ1n) is 7.85. The monoisotopic (exact) mass is 370 g/mol. The van der Waals surface area contributed by atoms with Gasteiger partial charge in [-0.25, -0.2) is 4.98 Å². The van der Waals surface area contributed by atoms with E-state index in [-0.39, 0.29) is 11.4 Å². The standard InChI is InChI=1S/C18H21F3N2OS/c1-12-14(25-15(22-12)13-8-6-5-7-9-13)16(24)23(10-17(2,3)4)11-18(19,20)21/h5-9H,10-11H2,1-4H3. The molecule has 0 aliphatic rings. The number of nitrogens with zero attached hydrogens (tertiary/aromatic N) is 2. The fraction of sp³-hybridized carbons (Fsp3) is 0.444. The minimum absolute atomic E-state index is 0.0172. The van der Waals surface area contributed by atoms with E-state index in [1.54, 1.807) is 27.7 Å². The molecule has 3 nitrogen and oxygen atoms in total. The molecule has 0 N–H and O–H groups in total. The van der Waals surface area contributed by atoms with Crippen molar-refractivity contribution in [2.45, 2.75) is 33.9 Å². The van der Waals surface area contributed by atoms with E-state index in [0.717, 1.165) is 21.8 Å². The summed E-state index contributed by atoms with van der Waals surface area (Å²) in [6, 6.07) is 9.28. The van der Waals surface area contributed by atoms with Gasteiger partial charge in [0.2, 0.25) is 0 Å². The predicted octanol–water partition coefficient (Wildman–Crippen LogP) is 5.17. The van der Waals surface area contributed by atoms with Crippen molar-refractivity contribution in [3.63, 3.8) is 0 Å². The predicted molar refractivity (Wildman–Crippen MR) is 93.7 cm³/mol. The van der Waals surface area contributed by atoms with Crippen molar-refractivity contribution in [3.05, 3.63) is 40.9 Å². The molecule has 0 fully saturated rings. The number of halogens is 3. The van der Waals surface area contributed by atoms with Crippen molar-refractivity contribution in [3.8, 4) is 10.6 Å². The van der Waals surface area contributed by atoms with Gasteiger partial charge in [0.25, 0.3) is 5.91 Å². The van der Waals surface area contributed by atoms with Crippen LogP contribution in [-0.4, -0.2) is 35.1 Å². The SMILES string of the molecule is Cc1nc(-c2ccccc2)sc1C(=O)N(CC(C)(C)C)CC(F)(F)F. The Morgan fingerprint density at radius 3 is 2.24 bits per heavy atom. The van der Waals surface area contributed by atoms with Crippen molar-refractivity contribution in [2.24, 2.45) is 5.41 Å². The maximum absolute atomic E-state index is 12.9. The number of hydrogen-bond acceptors (Lipinski definition) is 3. The number of benzene rings is 1. The van der Waals surface area contributed by atoms with Crippen LogP contribution in [0.1, 0.15) is 36.1 Å². The minimum Gasteiger partial charge on any atom is -0.328 e. The van der Waals surface area contributed by atoms with E-state index >= 15 is 0 Å². The Morgan fingerprint density at radius 1 is 1.12 bits per heavy atom. The summed E-state index contributed by atoms with van der Waals surface area (Å²) in [4.78, 5) is 18.3. The molecule has 0 saturated heterocycles. The van der Waals surface area contributed by atoms with Crippen LogP contribution in [-0.2, 0) is 0 Å². The van der Waals surface area contributed by atoms with Crippen LogP contribution in [0.4, 0.5) is 13.2 Å². The number of amides is 1. The normalized spacial score (nSPS) is 12.3. The summed E-state index contributed by atoms with van der Waals surface area (Å²) < 4.78 is 38.8. The van der Waals surface area contributed by atoms with E-state index in [0.29, 0.717) is 10.7 Å². The molecule has 0 bridgehead atoms. The molecule has 1 aromatic heterocycles. The number of aryl methyl sites for hydroxylation is 1. The fourth-order valence-corrected chi connectivity index (χ4v) is 3.47. The lowest BCUT2D eigenvalue weighted by Crippen LogP contribution is -2.43. The molecular formula is C18H21F3N2OS. The van der Waals surface area contributed by atoms with Gasteiger partial charge in [0, 0.05) is 12.1 Å². The van der Waals surface area contributed by atoms with Gasteiger partial charge in [-0.1, -0.05) is 51.1 Å². The largest absolute Gasteiger partial charge is 0.406 e. The van der Waals surface area contributed by atoms with Crippen LogP contribution in [0.15, 0.2) is 30.3 Å². The molecule has 1 aromatic carbocycles. The molecule has 136 valence electrons. The second kappa shape index (κ2) is 7.15. The van der Waals surface area contributed by atoms with Gasteiger partial charge in [-0.3, -0.25) is 4.79 Å². The molecule has 0 atom stereocenters. The summed E-state index contributed by atoms with van der Waals surface area (Å²) in [5.74, 6) is -0.621. The molecule has 0 aliphatic heterocycles. The van der Waals surface area contributed by atoms with Crippen LogP contribution in [0, 0.1) is 12.3 Å². The molecule has 0 spiro atoms. The highest BCUT2D eigenvalue weighted by atomic mass is 32.1. The lowest BCUT2D eigenvalue weighted by molar-refractivity contribution is -0.142. The summed E-state index contributed by atoms with van der Waals surface area (Å²) in [7, 11) is 0. The Kier molecular flexibility index (Phi) is 5.56. The zero-order valence-electron chi connectivity index (χ0n) is 14.6. The van der Waals surface area contributed by atoms with Gasteiger partial charge in [0.15, 0.2) is 0 Å². The number of rotatable bonds is 4. The summed E-state index contributed by atoms with van der Waals surface area (Å²) in [6.45, 7) is 5.82. The second-order valence-electron chi connectivity index (χ2n) is 7.14. The van der Waals surface area contributed by atoms with E-state index < -0.39 is 24.0 Å². The highest BCUT2D eigenvalue weighted by molar-refractivity contribution is 7.17. The van der Waals surface area contributed by atoms with E-state index in [1.807, 2.05) is 30.3 Å². The summed E-state index contributed by atoms with van der Waals surface area (Å²) in [5, 5.41) is 0.629. The summed E-state index contributed by atoms with van der Waals surface area (Å²) >= 11 is 1.13. The molecule has 0 unspecified atom stereocenters. The van der Waals surface area contributed by atoms with E-state index in [4.69, 9.17) is 0 Å². The molecule has 1 heterocycles. The Balaban J connectivity index is 2.34. The van der Waals surface area contributed by atoms with Crippen molar-refractivity contribution >= 4 is 17.2 Å². The number of aromatic nitrogens is 1. The molecule has 1 amide bonds. The molecule has 0 aliphatic carbocycles. The van der Waals surface area contributed by atoms with E-state index in [1.165, 1.54) is 0 Å². The highest BCUT2D eigenvalue weighted by Crippen LogP contribution is 2.30. The van der Waals surface area contributed by atoms with Crippen molar-refractivity contribution in [1.82, 2.24) is 9.88 Å². The minimum atomic E-state index is -4.44. The van der Waals surface area contributed by atoms with Crippen LogP contribution < -0.4 is 0 Å². The lowest BCUT2D eigenvalue weighted by atomic mass is 9.96. The van der Waals surface area contributed by atoms with Gasteiger partial charge in [-0.2, -0.15) is 13.2 Å². The lowest BCUT2D eigenvalue weighted by Gasteiger charge is -2.30. The Labute approximate surface area is 149 Å². The third kappa shape index (κ3) is 5.56. The van der Waals surface area contributed by atoms with E-state index in [9.17, 15) is 18.0 Å². The topological polar surface area (TPSA) is 33.2 Å². The molecular weight excluding hydrogens is 349 g/mol. The number of hydrogen-bond donors (Lipinski definition) is 0. The highest BCUT2D eigenvalue weighted by Gasteiger charge is 2.36. The third-order valence-electron chi connectivity index (χ3n) is 3.33. The van der Waals surface area contributed by atoms with Gasteiger partial charge in [0.05, 0.1) is 5.69 Å². The molecule has 2 rings (SSSR count). The van der Waals surface area contributed by atoms with Crippen LogP contribution >= 0.6 is 11.3 Å². The Morgan fingerprint density at radius 2 is 1.72 bits per heavy atom. The van der Waals surface area contributed by atoms with Gasteiger partial charge in [-0.05, 0) is 12.3 Å². The van der Waals surface area contributed by atoms with Crippen LogP contribution in [0.5, 0.6) is 0 Å². The molecule has 0 radical (unpaired) electrons. The zero-order valence-corrected chi connectivity index (χ0v) is 15.5. The smallest absolute Gasteiger partial charge is 0.328 e. The summed E-state index contributed by atoms with van der Waals surface area (Å²) in [6.07, 6.45) is -4.44. The number of thiazole rings is 1. The average Bonchev–Trinajstić information content (AvgIpc) is 2.86. The van der Waals surface area contributed by atoms with Crippen LogP contribution in [0.25, 0.3) is 10.6 Å². The van der Waals surface area contributed by atoms with Crippen molar-refractivity contribution < 1.29 is 18.0 Å². The number of carbonyl (C=O) groups excluding carboxylic acids is 1. The van der Waals surface area contributed by atoms with Crippen molar-refractivity contribution in [2.75, 3.05) is 13.1 Å². The van der Waals surface area contributed by atoms with E-state index in [2.05, 4.69) is 4.98 Å². The van der Waals surface area contributed by atoms with Gasteiger partial charge in [0.1, 0.15) is 16.4 Å². The molecule has 0 saturated carbocycles. The van der Waals surface area contributed by atoms with Gasteiger partial charge < -0.3 is 4.90 Å². The second-order valence-corrected chi connectivity index (χ2v) is 8.14. The Hall–Kier alpha value is -1.89.